The minimum atomic E-state index is 0.754. The molecule has 1 heteroatoms. The molecule has 0 aromatic heterocycles. The molecular formula is C16H25N. The van der Waals surface area contributed by atoms with Crippen LogP contribution < -0.4 is 5.32 Å². The lowest BCUT2D eigenvalue weighted by Gasteiger charge is -2.34. The van der Waals surface area contributed by atoms with Crippen LogP contribution in [0, 0.1) is 5.92 Å². The van der Waals surface area contributed by atoms with Gasteiger partial charge in [0.2, 0.25) is 0 Å². The van der Waals surface area contributed by atoms with Crippen molar-refractivity contribution < 1.29 is 0 Å². The normalized spacial score (nSPS) is 17.7. The second kappa shape index (κ2) is 6.80. The maximum Gasteiger partial charge on any atom is 0.00984 e. The van der Waals surface area contributed by atoms with Crippen LogP contribution in [0.4, 0.5) is 0 Å². The monoisotopic (exact) mass is 231 g/mol. The SMILES string of the molecule is CCCNC(CCc1ccccc1)C1CCC1. The summed E-state index contributed by atoms with van der Waals surface area (Å²) in [5, 5.41) is 3.74. The third kappa shape index (κ3) is 3.85. The van der Waals surface area contributed by atoms with Gasteiger partial charge < -0.3 is 5.32 Å². The van der Waals surface area contributed by atoms with Crippen molar-refractivity contribution in [2.24, 2.45) is 5.92 Å². The van der Waals surface area contributed by atoms with E-state index in [4.69, 9.17) is 0 Å². The second-order valence-corrected chi connectivity index (χ2v) is 5.28. The minimum Gasteiger partial charge on any atom is -0.314 e. The molecule has 1 saturated carbocycles. The summed E-state index contributed by atoms with van der Waals surface area (Å²) in [6.07, 6.45) is 8.09. The number of aryl methyl sites for hydroxylation is 1. The first-order valence-electron chi connectivity index (χ1n) is 7.17. The standard InChI is InChI=1S/C16H25N/c1-2-13-17-16(15-9-6-10-15)12-11-14-7-4-3-5-8-14/h3-5,7-8,15-17H,2,6,9-13H2,1H3. The van der Waals surface area contributed by atoms with Crippen LogP contribution in [-0.4, -0.2) is 12.6 Å². The lowest BCUT2D eigenvalue weighted by atomic mass is 9.78. The van der Waals surface area contributed by atoms with E-state index in [1.54, 1.807) is 0 Å². The average Bonchev–Trinajstić information content (AvgIpc) is 2.31. The maximum absolute atomic E-state index is 3.74. The fourth-order valence-corrected chi connectivity index (χ4v) is 2.64. The third-order valence-corrected chi connectivity index (χ3v) is 3.96. The van der Waals surface area contributed by atoms with Gasteiger partial charge in [-0.05, 0) is 50.1 Å². The molecule has 1 aromatic carbocycles. The van der Waals surface area contributed by atoms with E-state index in [0.29, 0.717) is 0 Å². The van der Waals surface area contributed by atoms with E-state index in [-0.39, 0.29) is 0 Å². The van der Waals surface area contributed by atoms with Crippen LogP contribution in [0.3, 0.4) is 0 Å². The van der Waals surface area contributed by atoms with Crippen molar-refractivity contribution in [3.63, 3.8) is 0 Å². The summed E-state index contributed by atoms with van der Waals surface area (Å²) in [7, 11) is 0. The first kappa shape index (κ1) is 12.6. The molecule has 0 radical (unpaired) electrons. The summed E-state index contributed by atoms with van der Waals surface area (Å²) in [4.78, 5) is 0. The van der Waals surface area contributed by atoms with E-state index < -0.39 is 0 Å². The predicted molar refractivity (Wildman–Crippen MR) is 74.2 cm³/mol. The third-order valence-electron chi connectivity index (χ3n) is 3.96. The summed E-state index contributed by atoms with van der Waals surface area (Å²) in [5.74, 6) is 0.949. The van der Waals surface area contributed by atoms with Crippen molar-refractivity contribution in [1.29, 1.82) is 0 Å². The van der Waals surface area contributed by atoms with Crippen molar-refractivity contribution in [3.05, 3.63) is 35.9 Å². The molecule has 1 aliphatic carbocycles. The Hall–Kier alpha value is -0.820. The zero-order valence-electron chi connectivity index (χ0n) is 11.0. The number of hydrogen-bond donors (Lipinski definition) is 1. The molecule has 1 unspecified atom stereocenters. The van der Waals surface area contributed by atoms with Crippen LogP contribution in [0.15, 0.2) is 30.3 Å². The lowest BCUT2D eigenvalue weighted by molar-refractivity contribution is 0.220. The molecule has 1 nitrogen and oxygen atoms in total. The summed E-state index contributed by atoms with van der Waals surface area (Å²) < 4.78 is 0. The highest BCUT2D eigenvalue weighted by Gasteiger charge is 2.26. The van der Waals surface area contributed by atoms with Gasteiger partial charge in [-0.1, -0.05) is 43.7 Å². The van der Waals surface area contributed by atoms with Crippen LogP contribution in [0.2, 0.25) is 0 Å². The van der Waals surface area contributed by atoms with Gasteiger partial charge in [0.05, 0.1) is 0 Å². The number of rotatable bonds is 7. The second-order valence-electron chi connectivity index (χ2n) is 5.28. The van der Waals surface area contributed by atoms with Gasteiger partial charge in [-0.2, -0.15) is 0 Å². The van der Waals surface area contributed by atoms with Gasteiger partial charge >= 0.3 is 0 Å². The molecular weight excluding hydrogens is 206 g/mol. The highest BCUT2D eigenvalue weighted by Crippen LogP contribution is 2.31. The van der Waals surface area contributed by atoms with Crippen molar-refractivity contribution in [2.75, 3.05) is 6.54 Å². The Morgan fingerprint density at radius 2 is 2.00 bits per heavy atom. The molecule has 1 aliphatic rings. The van der Waals surface area contributed by atoms with Crippen LogP contribution in [0.25, 0.3) is 0 Å². The molecule has 0 aliphatic heterocycles. The largest absolute Gasteiger partial charge is 0.314 e. The summed E-state index contributed by atoms with van der Waals surface area (Å²) in [6, 6.07) is 11.6. The molecule has 2 rings (SSSR count). The number of hydrogen-bond acceptors (Lipinski definition) is 1. The van der Waals surface area contributed by atoms with Crippen molar-refractivity contribution in [1.82, 2.24) is 5.32 Å². The molecule has 0 amide bonds. The Morgan fingerprint density at radius 1 is 1.24 bits per heavy atom. The zero-order chi connectivity index (χ0) is 11.9. The topological polar surface area (TPSA) is 12.0 Å². The summed E-state index contributed by atoms with van der Waals surface area (Å²) in [6.45, 7) is 3.43. The highest BCUT2D eigenvalue weighted by atomic mass is 14.9. The predicted octanol–water partition coefficient (Wildman–Crippen LogP) is 3.79. The molecule has 1 atom stereocenters. The summed E-state index contributed by atoms with van der Waals surface area (Å²) >= 11 is 0. The Bertz CT molecular complexity index is 303. The summed E-state index contributed by atoms with van der Waals surface area (Å²) in [5.41, 5.74) is 1.48. The molecule has 17 heavy (non-hydrogen) atoms. The zero-order valence-corrected chi connectivity index (χ0v) is 11.0. The Labute approximate surface area is 106 Å². The van der Waals surface area contributed by atoms with Crippen LogP contribution >= 0.6 is 0 Å². The molecule has 1 aromatic rings. The van der Waals surface area contributed by atoms with Crippen molar-refractivity contribution in [2.45, 2.75) is 51.5 Å². The van der Waals surface area contributed by atoms with Crippen molar-refractivity contribution >= 4 is 0 Å². The fourth-order valence-electron chi connectivity index (χ4n) is 2.64. The van der Waals surface area contributed by atoms with E-state index in [1.165, 1.54) is 50.6 Å². The van der Waals surface area contributed by atoms with Crippen molar-refractivity contribution in [3.8, 4) is 0 Å². The molecule has 1 N–H and O–H groups in total. The van der Waals surface area contributed by atoms with Gasteiger partial charge in [0.1, 0.15) is 0 Å². The number of nitrogens with one attached hydrogen (secondary N) is 1. The first-order chi connectivity index (χ1) is 8.40. The van der Waals surface area contributed by atoms with Crippen LogP contribution in [0.1, 0.15) is 44.6 Å². The Balaban J connectivity index is 1.80. The Morgan fingerprint density at radius 3 is 2.59 bits per heavy atom. The average molecular weight is 231 g/mol. The van der Waals surface area contributed by atoms with Gasteiger partial charge in [0, 0.05) is 6.04 Å². The smallest absolute Gasteiger partial charge is 0.00984 e. The minimum absolute atomic E-state index is 0.754. The lowest BCUT2D eigenvalue weighted by Crippen LogP contribution is -2.40. The van der Waals surface area contributed by atoms with E-state index in [9.17, 15) is 0 Å². The maximum atomic E-state index is 3.74. The molecule has 0 saturated heterocycles. The Kier molecular flexibility index (Phi) is 5.06. The quantitative estimate of drug-likeness (QED) is 0.753. The van der Waals surface area contributed by atoms with E-state index >= 15 is 0 Å². The van der Waals surface area contributed by atoms with Crippen LogP contribution in [-0.2, 0) is 6.42 Å². The van der Waals surface area contributed by atoms with E-state index in [2.05, 4.69) is 42.6 Å². The van der Waals surface area contributed by atoms with Gasteiger partial charge in [-0.3, -0.25) is 0 Å². The molecule has 0 bridgehead atoms. The highest BCUT2D eigenvalue weighted by molar-refractivity contribution is 5.14. The fraction of sp³-hybridized carbons (Fsp3) is 0.625. The first-order valence-corrected chi connectivity index (χ1v) is 7.17. The van der Waals surface area contributed by atoms with Gasteiger partial charge in [0.15, 0.2) is 0 Å². The molecule has 0 spiro atoms. The number of benzene rings is 1. The molecule has 94 valence electrons. The molecule has 0 heterocycles. The van der Waals surface area contributed by atoms with Crippen LogP contribution in [0.5, 0.6) is 0 Å². The van der Waals surface area contributed by atoms with Gasteiger partial charge in [-0.15, -0.1) is 0 Å². The van der Waals surface area contributed by atoms with Gasteiger partial charge in [-0.25, -0.2) is 0 Å². The van der Waals surface area contributed by atoms with E-state index in [1.807, 2.05) is 0 Å². The molecule has 1 fully saturated rings. The van der Waals surface area contributed by atoms with E-state index in [0.717, 1.165) is 12.0 Å². The van der Waals surface area contributed by atoms with Gasteiger partial charge in [0.25, 0.3) is 0 Å².